The van der Waals surface area contributed by atoms with Gasteiger partial charge in [-0.1, -0.05) is 12.1 Å². The highest BCUT2D eigenvalue weighted by atomic mass is 16.2. The summed E-state index contributed by atoms with van der Waals surface area (Å²) < 4.78 is 0. The number of para-hydroxylation sites is 1. The monoisotopic (exact) mass is 263 g/mol. The molecule has 0 fully saturated rings. The van der Waals surface area contributed by atoms with Crippen LogP contribution in [-0.4, -0.2) is 30.9 Å². The second-order valence-corrected chi connectivity index (χ2v) is 5.28. The molecule has 0 aliphatic carbocycles. The fourth-order valence-corrected chi connectivity index (χ4v) is 1.46. The quantitative estimate of drug-likeness (QED) is 0.768. The molecule has 0 bridgehead atoms. The maximum absolute atomic E-state index is 11.8. The summed E-state index contributed by atoms with van der Waals surface area (Å²) in [5.74, 6) is -0.397. The lowest BCUT2D eigenvalue weighted by Crippen LogP contribution is -2.41. The molecule has 3 N–H and O–H groups in total. The standard InChI is InChI=1S/C14H21N3O2/c1-14(2,3)16-9-12(18)17-11-8-6-5-7-10(11)13(19)15-4/h5-8,16H,9H2,1-4H3,(H,15,19)(H,17,18). The van der Waals surface area contributed by atoms with Crippen LogP contribution in [0.3, 0.4) is 0 Å². The highest BCUT2D eigenvalue weighted by molar-refractivity contribution is 6.03. The van der Waals surface area contributed by atoms with E-state index in [0.29, 0.717) is 11.3 Å². The fraction of sp³-hybridized carbons (Fsp3) is 0.429. The zero-order valence-corrected chi connectivity index (χ0v) is 11.8. The third kappa shape index (κ3) is 5.09. The Kier molecular flexibility index (Phi) is 5.06. The van der Waals surface area contributed by atoms with Gasteiger partial charge in [-0.3, -0.25) is 9.59 Å². The maximum atomic E-state index is 11.8. The zero-order valence-electron chi connectivity index (χ0n) is 11.8. The van der Waals surface area contributed by atoms with Gasteiger partial charge in [0.25, 0.3) is 5.91 Å². The topological polar surface area (TPSA) is 70.2 Å². The molecule has 0 aliphatic heterocycles. The lowest BCUT2D eigenvalue weighted by atomic mass is 10.1. The van der Waals surface area contributed by atoms with Gasteiger partial charge >= 0.3 is 0 Å². The number of anilines is 1. The van der Waals surface area contributed by atoms with Crippen molar-refractivity contribution in [3.05, 3.63) is 29.8 Å². The number of hydrogen-bond acceptors (Lipinski definition) is 3. The smallest absolute Gasteiger partial charge is 0.253 e. The Morgan fingerprint density at radius 1 is 1.16 bits per heavy atom. The molecule has 1 aromatic carbocycles. The molecule has 0 spiro atoms. The second-order valence-electron chi connectivity index (χ2n) is 5.28. The van der Waals surface area contributed by atoms with E-state index in [9.17, 15) is 9.59 Å². The van der Waals surface area contributed by atoms with Crippen LogP contribution in [0.1, 0.15) is 31.1 Å². The number of amides is 2. The molecule has 5 nitrogen and oxygen atoms in total. The summed E-state index contributed by atoms with van der Waals surface area (Å²) in [5.41, 5.74) is 0.842. The van der Waals surface area contributed by atoms with Crippen LogP contribution in [0.4, 0.5) is 5.69 Å². The molecule has 2 amide bonds. The van der Waals surface area contributed by atoms with Crippen molar-refractivity contribution in [1.29, 1.82) is 0 Å². The molecule has 1 aromatic rings. The summed E-state index contributed by atoms with van der Waals surface area (Å²) in [6, 6.07) is 6.91. The minimum absolute atomic E-state index is 0.127. The highest BCUT2D eigenvalue weighted by Gasteiger charge is 2.14. The van der Waals surface area contributed by atoms with Crippen molar-refractivity contribution in [2.24, 2.45) is 0 Å². The molecule has 0 unspecified atom stereocenters. The molecule has 19 heavy (non-hydrogen) atoms. The minimum Gasteiger partial charge on any atom is -0.355 e. The third-order valence-corrected chi connectivity index (χ3v) is 2.45. The molecule has 0 aliphatic rings. The van der Waals surface area contributed by atoms with Gasteiger partial charge in [0, 0.05) is 12.6 Å². The Balaban J connectivity index is 2.72. The Labute approximate surface area is 113 Å². The van der Waals surface area contributed by atoms with E-state index < -0.39 is 0 Å². The molecule has 0 radical (unpaired) electrons. The highest BCUT2D eigenvalue weighted by Crippen LogP contribution is 2.14. The first kappa shape index (κ1) is 15.2. The number of benzene rings is 1. The molecule has 0 saturated carbocycles. The Morgan fingerprint density at radius 2 is 1.79 bits per heavy atom. The van der Waals surface area contributed by atoms with Crippen LogP contribution in [0.5, 0.6) is 0 Å². The van der Waals surface area contributed by atoms with Crippen molar-refractivity contribution in [1.82, 2.24) is 10.6 Å². The van der Waals surface area contributed by atoms with Crippen molar-refractivity contribution in [2.75, 3.05) is 18.9 Å². The van der Waals surface area contributed by atoms with Crippen LogP contribution in [0.15, 0.2) is 24.3 Å². The molecule has 5 heteroatoms. The van der Waals surface area contributed by atoms with E-state index in [1.807, 2.05) is 20.8 Å². The molecule has 0 saturated heterocycles. The van der Waals surface area contributed by atoms with Gasteiger partial charge in [0.2, 0.25) is 5.91 Å². The van der Waals surface area contributed by atoms with Gasteiger partial charge in [-0.25, -0.2) is 0 Å². The molecule has 0 atom stereocenters. The minimum atomic E-state index is -0.223. The second kappa shape index (κ2) is 6.33. The van der Waals surface area contributed by atoms with Gasteiger partial charge in [-0.05, 0) is 32.9 Å². The first-order valence-corrected chi connectivity index (χ1v) is 6.19. The van der Waals surface area contributed by atoms with Crippen LogP contribution < -0.4 is 16.0 Å². The van der Waals surface area contributed by atoms with E-state index in [4.69, 9.17) is 0 Å². The Bertz CT molecular complexity index is 464. The van der Waals surface area contributed by atoms with Crippen LogP contribution in [0.2, 0.25) is 0 Å². The maximum Gasteiger partial charge on any atom is 0.253 e. The summed E-state index contributed by atoms with van der Waals surface area (Å²) in [6.07, 6.45) is 0. The van der Waals surface area contributed by atoms with Crippen LogP contribution >= 0.6 is 0 Å². The summed E-state index contributed by atoms with van der Waals surface area (Å²) >= 11 is 0. The summed E-state index contributed by atoms with van der Waals surface area (Å²) in [5, 5.41) is 8.37. The van der Waals surface area contributed by atoms with E-state index in [-0.39, 0.29) is 23.9 Å². The van der Waals surface area contributed by atoms with Gasteiger partial charge in [0.05, 0.1) is 17.8 Å². The summed E-state index contributed by atoms with van der Waals surface area (Å²) in [6.45, 7) is 6.15. The van der Waals surface area contributed by atoms with Crippen molar-refractivity contribution < 1.29 is 9.59 Å². The first-order chi connectivity index (χ1) is 8.83. The van der Waals surface area contributed by atoms with Gasteiger partial charge in [-0.15, -0.1) is 0 Å². The molecule has 0 heterocycles. The summed E-state index contributed by atoms with van der Waals surface area (Å²) in [7, 11) is 1.56. The predicted molar refractivity (Wildman–Crippen MR) is 76.2 cm³/mol. The number of nitrogens with one attached hydrogen (secondary N) is 3. The number of hydrogen-bond donors (Lipinski definition) is 3. The Hall–Kier alpha value is -1.88. The SMILES string of the molecule is CNC(=O)c1ccccc1NC(=O)CNC(C)(C)C. The molecule has 0 aromatic heterocycles. The average Bonchev–Trinajstić information content (AvgIpc) is 2.35. The molecular formula is C14H21N3O2. The van der Waals surface area contributed by atoms with Crippen molar-refractivity contribution in [3.63, 3.8) is 0 Å². The van der Waals surface area contributed by atoms with Gasteiger partial charge in [0.15, 0.2) is 0 Å². The van der Waals surface area contributed by atoms with E-state index in [1.54, 1.807) is 31.3 Å². The van der Waals surface area contributed by atoms with Gasteiger partial charge in [0.1, 0.15) is 0 Å². The van der Waals surface area contributed by atoms with E-state index in [0.717, 1.165) is 0 Å². The largest absolute Gasteiger partial charge is 0.355 e. The molecule has 1 rings (SSSR count). The van der Waals surface area contributed by atoms with E-state index in [1.165, 1.54) is 0 Å². The van der Waals surface area contributed by atoms with Crippen LogP contribution in [0, 0.1) is 0 Å². The predicted octanol–water partition coefficient (Wildman–Crippen LogP) is 1.37. The van der Waals surface area contributed by atoms with E-state index >= 15 is 0 Å². The third-order valence-electron chi connectivity index (χ3n) is 2.45. The van der Waals surface area contributed by atoms with Crippen molar-refractivity contribution in [2.45, 2.75) is 26.3 Å². The fourth-order valence-electron chi connectivity index (χ4n) is 1.46. The average molecular weight is 263 g/mol. The van der Waals surface area contributed by atoms with Crippen LogP contribution in [-0.2, 0) is 4.79 Å². The first-order valence-electron chi connectivity index (χ1n) is 6.19. The number of carbonyl (C=O) groups is 2. The van der Waals surface area contributed by atoms with Gasteiger partial charge < -0.3 is 16.0 Å². The van der Waals surface area contributed by atoms with Crippen molar-refractivity contribution >= 4 is 17.5 Å². The number of rotatable bonds is 4. The lowest BCUT2D eigenvalue weighted by Gasteiger charge is -2.20. The van der Waals surface area contributed by atoms with Crippen LogP contribution in [0.25, 0.3) is 0 Å². The Morgan fingerprint density at radius 3 is 2.37 bits per heavy atom. The normalized spacial score (nSPS) is 10.9. The van der Waals surface area contributed by atoms with Crippen molar-refractivity contribution in [3.8, 4) is 0 Å². The molecular weight excluding hydrogens is 242 g/mol. The molecule has 104 valence electrons. The number of carbonyl (C=O) groups excluding carboxylic acids is 2. The summed E-state index contributed by atoms with van der Waals surface area (Å²) in [4.78, 5) is 23.5. The van der Waals surface area contributed by atoms with E-state index in [2.05, 4.69) is 16.0 Å². The zero-order chi connectivity index (χ0) is 14.5. The van der Waals surface area contributed by atoms with Gasteiger partial charge in [-0.2, -0.15) is 0 Å². The lowest BCUT2D eigenvalue weighted by molar-refractivity contribution is -0.115.